The van der Waals surface area contributed by atoms with E-state index in [9.17, 15) is 9.90 Å². The van der Waals surface area contributed by atoms with Crippen molar-refractivity contribution in [1.82, 2.24) is 0 Å². The zero-order valence-electron chi connectivity index (χ0n) is 10.2. The number of benzene rings is 1. The number of aliphatic imine (C=N–C) groups is 1. The van der Waals surface area contributed by atoms with E-state index in [0.717, 1.165) is 0 Å². The van der Waals surface area contributed by atoms with Gasteiger partial charge in [-0.1, -0.05) is 11.6 Å². The molecule has 18 heavy (non-hydrogen) atoms. The minimum Gasteiger partial charge on any atom is -0.506 e. The summed E-state index contributed by atoms with van der Waals surface area (Å²) in [5.74, 6) is -0.485. The molecule has 1 aromatic carbocycles. The van der Waals surface area contributed by atoms with Gasteiger partial charge in [-0.15, -0.1) is 0 Å². The molecule has 0 aliphatic heterocycles. The van der Waals surface area contributed by atoms with Gasteiger partial charge in [-0.05, 0) is 32.7 Å². The van der Waals surface area contributed by atoms with Crippen LogP contribution in [0.5, 0.6) is 5.75 Å². The molecule has 0 aliphatic carbocycles. The van der Waals surface area contributed by atoms with Gasteiger partial charge in [0.15, 0.2) is 0 Å². The van der Waals surface area contributed by atoms with Crippen molar-refractivity contribution >= 4 is 36.1 Å². The lowest BCUT2D eigenvalue weighted by Crippen LogP contribution is -2.04. The Bertz CT molecular complexity index is 509. The number of carbonyl (C=O) groups excluding carboxylic acids is 1. The summed E-state index contributed by atoms with van der Waals surface area (Å²) in [6.45, 7) is 7.08. The van der Waals surface area contributed by atoms with Crippen molar-refractivity contribution in [2.45, 2.75) is 13.8 Å². The Kier molecular flexibility index (Phi) is 4.92. The zero-order valence-corrected chi connectivity index (χ0v) is 11.0. The van der Waals surface area contributed by atoms with Gasteiger partial charge in [0, 0.05) is 17.2 Å². The summed E-state index contributed by atoms with van der Waals surface area (Å²) < 4.78 is 4.87. The largest absolute Gasteiger partial charge is 0.506 e. The van der Waals surface area contributed by atoms with Crippen molar-refractivity contribution in [3.8, 4) is 5.75 Å². The van der Waals surface area contributed by atoms with Crippen molar-refractivity contribution in [3.63, 3.8) is 0 Å². The van der Waals surface area contributed by atoms with E-state index in [2.05, 4.69) is 11.7 Å². The van der Waals surface area contributed by atoms with Crippen LogP contribution in [0.4, 0.5) is 5.69 Å². The first kappa shape index (κ1) is 14.3. The smallest absolute Gasteiger partial charge is 0.333 e. The van der Waals surface area contributed by atoms with Crippen LogP contribution in [0.15, 0.2) is 22.7 Å². The second kappa shape index (κ2) is 6.21. The van der Waals surface area contributed by atoms with E-state index in [1.54, 1.807) is 19.9 Å². The highest BCUT2D eigenvalue weighted by atomic mass is 35.5. The molecular formula is C13H14ClNO3. The van der Waals surface area contributed by atoms with Crippen LogP contribution in [-0.4, -0.2) is 24.4 Å². The average molecular weight is 268 g/mol. The van der Waals surface area contributed by atoms with E-state index in [1.807, 2.05) is 0 Å². The summed E-state index contributed by atoms with van der Waals surface area (Å²) in [5.41, 5.74) is 1.46. The third-order valence-electron chi connectivity index (χ3n) is 2.24. The molecule has 96 valence electrons. The standard InChI is InChI=1S/C13H14ClNO3/c1-4-18-13(17)8(2)5-9-6-10(14)12(16)7-11(9)15-3/h5-7,16H,3-4H2,1-2H3/b8-5+. The van der Waals surface area contributed by atoms with Crippen molar-refractivity contribution in [1.29, 1.82) is 0 Å². The molecule has 0 spiro atoms. The molecule has 0 atom stereocenters. The maximum atomic E-state index is 11.5. The molecular weight excluding hydrogens is 254 g/mol. The highest BCUT2D eigenvalue weighted by Gasteiger charge is 2.09. The van der Waals surface area contributed by atoms with Crippen LogP contribution >= 0.6 is 11.6 Å². The van der Waals surface area contributed by atoms with Crippen molar-refractivity contribution in [2.24, 2.45) is 4.99 Å². The number of carbonyl (C=O) groups is 1. The molecule has 0 fully saturated rings. The lowest BCUT2D eigenvalue weighted by molar-refractivity contribution is -0.138. The number of halogens is 1. The molecule has 5 heteroatoms. The van der Waals surface area contributed by atoms with Gasteiger partial charge in [0.25, 0.3) is 0 Å². The minimum atomic E-state index is -0.406. The molecule has 0 bridgehead atoms. The summed E-state index contributed by atoms with van der Waals surface area (Å²) in [6.07, 6.45) is 1.59. The molecule has 0 aromatic heterocycles. The van der Waals surface area contributed by atoms with Crippen molar-refractivity contribution in [3.05, 3.63) is 28.3 Å². The SMILES string of the molecule is C=Nc1cc(O)c(Cl)cc1/C=C(\C)C(=O)OCC. The zero-order chi connectivity index (χ0) is 13.7. The predicted octanol–water partition coefficient (Wildman–Crippen LogP) is 3.34. The topological polar surface area (TPSA) is 58.9 Å². The molecule has 0 aliphatic rings. The lowest BCUT2D eigenvalue weighted by Gasteiger charge is -2.06. The monoisotopic (exact) mass is 267 g/mol. The van der Waals surface area contributed by atoms with Crippen LogP contribution < -0.4 is 0 Å². The van der Waals surface area contributed by atoms with Crippen LogP contribution in [0.2, 0.25) is 5.02 Å². The first-order chi connectivity index (χ1) is 8.49. The van der Waals surface area contributed by atoms with E-state index < -0.39 is 5.97 Å². The summed E-state index contributed by atoms with van der Waals surface area (Å²) in [4.78, 5) is 15.2. The van der Waals surface area contributed by atoms with Gasteiger partial charge in [-0.3, -0.25) is 4.99 Å². The summed E-state index contributed by atoms with van der Waals surface area (Å²) in [5, 5.41) is 9.64. The third-order valence-corrected chi connectivity index (χ3v) is 2.54. The summed E-state index contributed by atoms with van der Waals surface area (Å²) in [6, 6.07) is 2.91. The number of esters is 1. The highest BCUT2D eigenvalue weighted by molar-refractivity contribution is 6.32. The highest BCUT2D eigenvalue weighted by Crippen LogP contribution is 2.33. The van der Waals surface area contributed by atoms with E-state index in [-0.39, 0.29) is 10.8 Å². The van der Waals surface area contributed by atoms with Crippen molar-refractivity contribution in [2.75, 3.05) is 6.61 Å². The molecule has 0 saturated carbocycles. The van der Waals surface area contributed by atoms with E-state index in [4.69, 9.17) is 16.3 Å². The Hall–Kier alpha value is -1.81. The normalized spacial score (nSPS) is 11.2. The number of hydrogen-bond donors (Lipinski definition) is 1. The molecule has 0 unspecified atom stereocenters. The third kappa shape index (κ3) is 3.34. The van der Waals surface area contributed by atoms with Crippen LogP contribution in [0, 0.1) is 0 Å². The van der Waals surface area contributed by atoms with Crippen LogP contribution in [0.25, 0.3) is 6.08 Å². The van der Waals surface area contributed by atoms with Crippen LogP contribution in [-0.2, 0) is 9.53 Å². The second-order valence-corrected chi connectivity index (χ2v) is 3.98. The molecule has 4 nitrogen and oxygen atoms in total. The number of phenols is 1. The molecule has 0 amide bonds. The Balaban J connectivity index is 3.17. The maximum absolute atomic E-state index is 11.5. The fraction of sp³-hybridized carbons (Fsp3) is 0.231. The Labute approximate surface area is 111 Å². The number of nitrogens with zero attached hydrogens (tertiary/aromatic N) is 1. The number of ether oxygens (including phenoxy) is 1. The van der Waals surface area contributed by atoms with Gasteiger partial charge in [-0.25, -0.2) is 4.79 Å². The average Bonchev–Trinajstić information content (AvgIpc) is 2.33. The van der Waals surface area contributed by atoms with Gasteiger partial charge >= 0.3 is 5.97 Å². The molecule has 0 heterocycles. The van der Waals surface area contributed by atoms with Crippen molar-refractivity contribution < 1.29 is 14.6 Å². The Morgan fingerprint density at radius 1 is 1.61 bits per heavy atom. The number of aromatic hydroxyl groups is 1. The lowest BCUT2D eigenvalue weighted by atomic mass is 10.1. The summed E-state index contributed by atoms with van der Waals surface area (Å²) in [7, 11) is 0. The Morgan fingerprint density at radius 2 is 2.28 bits per heavy atom. The van der Waals surface area contributed by atoms with Gasteiger partial charge in [-0.2, -0.15) is 0 Å². The minimum absolute atomic E-state index is 0.0787. The Morgan fingerprint density at radius 3 is 2.83 bits per heavy atom. The van der Waals surface area contributed by atoms with Gasteiger partial charge < -0.3 is 9.84 Å². The van der Waals surface area contributed by atoms with Gasteiger partial charge in [0.2, 0.25) is 0 Å². The molecule has 0 saturated heterocycles. The van der Waals surface area contributed by atoms with E-state index in [0.29, 0.717) is 23.4 Å². The van der Waals surface area contributed by atoms with E-state index in [1.165, 1.54) is 12.1 Å². The van der Waals surface area contributed by atoms with Gasteiger partial charge in [0.1, 0.15) is 5.75 Å². The second-order valence-electron chi connectivity index (χ2n) is 3.57. The first-order valence-electron chi connectivity index (χ1n) is 5.34. The van der Waals surface area contributed by atoms with Crippen LogP contribution in [0.1, 0.15) is 19.4 Å². The maximum Gasteiger partial charge on any atom is 0.333 e. The predicted molar refractivity (Wildman–Crippen MR) is 72.6 cm³/mol. The van der Waals surface area contributed by atoms with Gasteiger partial charge in [0.05, 0.1) is 17.3 Å². The first-order valence-corrected chi connectivity index (χ1v) is 5.72. The molecule has 1 N–H and O–H groups in total. The number of rotatable bonds is 4. The molecule has 1 rings (SSSR count). The number of hydrogen-bond acceptors (Lipinski definition) is 4. The molecule has 0 radical (unpaired) electrons. The number of phenolic OH excluding ortho intramolecular Hbond substituents is 1. The fourth-order valence-electron chi connectivity index (χ4n) is 1.36. The quantitative estimate of drug-likeness (QED) is 0.517. The summed E-state index contributed by atoms with van der Waals surface area (Å²) >= 11 is 5.81. The van der Waals surface area contributed by atoms with E-state index >= 15 is 0 Å². The van der Waals surface area contributed by atoms with Crippen LogP contribution in [0.3, 0.4) is 0 Å². The fourth-order valence-corrected chi connectivity index (χ4v) is 1.53. The molecule has 1 aromatic rings.